The van der Waals surface area contributed by atoms with Crippen LogP contribution in [0.3, 0.4) is 0 Å². The van der Waals surface area contributed by atoms with Crippen LogP contribution in [0.2, 0.25) is 0 Å². The largest absolute Gasteiger partial charge is 0.354 e. The van der Waals surface area contributed by atoms with Gasteiger partial charge in [0.1, 0.15) is 11.9 Å². The monoisotopic (exact) mass is 328 g/mol. The molecule has 0 N–H and O–H groups in total. The van der Waals surface area contributed by atoms with Crippen molar-refractivity contribution in [3.8, 4) is 6.07 Å². The van der Waals surface area contributed by atoms with Gasteiger partial charge in [-0.05, 0) is 28.5 Å². The zero-order valence-corrected chi connectivity index (χ0v) is 14.1. The van der Waals surface area contributed by atoms with E-state index in [-0.39, 0.29) is 0 Å². The van der Waals surface area contributed by atoms with Crippen LogP contribution in [0, 0.1) is 11.3 Å². The highest BCUT2D eigenvalue weighted by atomic mass is 15.3. The lowest BCUT2D eigenvalue weighted by Crippen LogP contribution is -2.46. The third-order valence-corrected chi connectivity index (χ3v) is 4.85. The summed E-state index contributed by atoms with van der Waals surface area (Å²) in [5.74, 6) is 0.962. The van der Waals surface area contributed by atoms with Gasteiger partial charge in [0.15, 0.2) is 0 Å². The Bertz CT molecular complexity index is 898. The van der Waals surface area contributed by atoms with Crippen molar-refractivity contribution in [3.05, 3.63) is 71.9 Å². The maximum atomic E-state index is 8.88. The number of pyridine rings is 1. The molecule has 1 aliphatic heterocycles. The highest BCUT2D eigenvalue weighted by Crippen LogP contribution is 2.21. The van der Waals surface area contributed by atoms with Gasteiger partial charge in [-0.15, -0.1) is 0 Å². The minimum absolute atomic E-state index is 0.610. The van der Waals surface area contributed by atoms with Crippen molar-refractivity contribution >= 4 is 16.6 Å². The van der Waals surface area contributed by atoms with Crippen LogP contribution >= 0.6 is 0 Å². The number of rotatable bonds is 3. The fraction of sp³-hybridized carbons (Fsp3) is 0.238. The normalized spacial score (nSPS) is 15.2. The molecule has 0 radical (unpaired) electrons. The van der Waals surface area contributed by atoms with Crippen molar-refractivity contribution in [1.29, 1.82) is 5.26 Å². The van der Waals surface area contributed by atoms with Crippen LogP contribution in [0.5, 0.6) is 0 Å². The Kier molecular flexibility index (Phi) is 4.32. The first-order valence-electron chi connectivity index (χ1n) is 8.63. The molecule has 3 aromatic rings. The molecular weight excluding hydrogens is 308 g/mol. The summed E-state index contributed by atoms with van der Waals surface area (Å²) in [6.07, 6.45) is 1.65. The first kappa shape index (κ1) is 15.6. The maximum Gasteiger partial charge on any atom is 0.128 e. The van der Waals surface area contributed by atoms with Crippen molar-refractivity contribution in [2.45, 2.75) is 6.54 Å². The molecule has 0 amide bonds. The molecule has 4 rings (SSSR count). The van der Waals surface area contributed by atoms with Gasteiger partial charge in [-0.3, -0.25) is 4.90 Å². The van der Waals surface area contributed by atoms with E-state index < -0.39 is 0 Å². The van der Waals surface area contributed by atoms with Gasteiger partial charge in [0.25, 0.3) is 0 Å². The van der Waals surface area contributed by atoms with Crippen molar-refractivity contribution in [3.63, 3.8) is 0 Å². The number of nitriles is 1. The highest BCUT2D eigenvalue weighted by molar-refractivity contribution is 5.85. The number of aromatic nitrogens is 1. The summed E-state index contributed by atoms with van der Waals surface area (Å²) in [5.41, 5.74) is 2.00. The molecular formula is C21H20N4. The molecule has 0 bridgehead atoms. The zero-order valence-electron chi connectivity index (χ0n) is 14.1. The topological polar surface area (TPSA) is 43.2 Å². The molecule has 25 heavy (non-hydrogen) atoms. The van der Waals surface area contributed by atoms with E-state index >= 15 is 0 Å². The summed E-state index contributed by atoms with van der Waals surface area (Å²) in [4.78, 5) is 9.20. The Hall–Kier alpha value is -2.90. The summed E-state index contributed by atoms with van der Waals surface area (Å²) in [5, 5.41) is 11.5. The Balaban J connectivity index is 1.42. The van der Waals surface area contributed by atoms with Crippen LogP contribution in [-0.2, 0) is 6.54 Å². The lowest BCUT2D eigenvalue weighted by molar-refractivity contribution is 0.250. The van der Waals surface area contributed by atoms with Crippen molar-refractivity contribution in [2.75, 3.05) is 31.1 Å². The summed E-state index contributed by atoms with van der Waals surface area (Å²) in [7, 11) is 0. The SMILES string of the molecule is N#Cc1ccc(N2CCN(Cc3cccc4ccccc34)CC2)nc1. The fourth-order valence-electron chi connectivity index (χ4n) is 3.45. The Morgan fingerprint density at radius 2 is 1.72 bits per heavy atom. The molecule has 1 aliphatic rings. The summed E-state index contributed by atoms with van der Waals surface area (Å²) in [6.45, 7) is 4.94. The minimum Gasteiger partial charge on any atom is -0.354 e. The number of fused-ring (bicyclic) bond motifs is 1. The smallest absolute Gasteiger partial charge is 0.128 e. The number of hydrogen-bond donors (Lipinski definition) is 0. The first-order chi connectivity index (χ1) is 12.3. The molecule has 1 fully saturated rings. The summed E-state index contributed by atoms with van der Waals surface area (Å²) < 4.78 is 0. The van der Waals surface area contributed by atoms with E-state index in [9.17, 15) is 0 Å². The second-order valence-corrected chi connectivity index (χ2v) is 6.42. The molecule has 1 aromatic heterocycles. The van der Waals surface area contributed by atoms with Crippen LogP contribution in [-0.4, -0.2) is 36.1 Å². The molecule has 4 heteroatoms. The molecule has 0 unspecified atom stereocenters. The fourth-order valence-corrected chi connectivity index (χ4v) is 3.45. The Labute approximate surface area is 147 Å². The second kappa shape index (κ2) is 6.92. The molecule has 0 aliphatic carbocycles. The highest BCUT2D eigenvalue weighted by Gasteiger charge is 2.18. The second-order valence-electron chi connectivity index (χ2n) is 6.42. The molecule has 0 atom stereocenters. The van der Waals surface area contributed by atoms with Gasteiger partial charge < -0.3 is 4.90 Å². The van der Waals surface area contributed by atoms with Crippen LogP contribution in [0.25, 0.3) is 10.8 Å². The first-order valence-corrected chi connectivity index (χ1v) is 8.63. The third-order valence-electron chi connectivity index (χ3n) is 4.85. The van der Waals surface area contributed by atoms with E-state index in [0.717, 1.165) is 38.5 Å². The van der Waals surface area contributed by atoms with Crippen LogP contribution in [0.1, 0.15) is 11.1 Å². The summed E-state index contributed by atoms with van der Waals surface area (Å²) in [6, 6.07) is 21.0. The van der Waals surface area contributed by atoms with Crippen LogP contribution in [0.15, 0.2) is 60.8 Å². The van der Waals surface area contributed by atoms with Gasteiger partial charge in [0, 0.05) is 38.9 Å². The average Bonchev–Trinajstić information content (AvgIpc) is 2.69. The van der Waals surface area contributed by atoms with Gasteiger partial charge in [-0.2, -0.15) is 5.26 Å². The Morgan fingerprint density at radius 3 is 2.48 bits per heavy atom. The van der Waals surface area contributed by atoms with Crippen molar-refractivity contribution in [1.82, 2.24) is 9.88 Å². The minimum atomic E-state index is 0.610. The predicted molar refractivity (Wildman–Crippen MR) is 100 cm³/mol. The average molecular weight is 328 g/mol. The van der Waals surface area contributed by atoms with Crippen LogP contribution < -0.4 is 4.90 Å². The number of anilines is 1. The van der Waals surface area contributed by atoms with Crippen LogP contribution in [0.4, 0.5) is 5.82 Å². The van der Waals surface area contributed by atoms with Gasteiger partial charge in [-0.25, -0.2) is 4.98 Å². The number of benzene rings is 2. The zero-order chi connectivity index (χ0) is 17.1. The molecule has 1 saturated heterocycles. The standard InChI is InChI=1S/C21H20N4/c22-14-17-8-9-21(23-15-17)25-12-10-24(11-13-25)16-19-6-3-5-18-4-1-2-7-20(18)19/h1-9,15H,10-13,16H2. The molecule has 4 nitrogen and oxygen atoms in total. The molecule has 2 aromatic carbocycles. The number of nitrogens with zero attached hydrogens (tertiary/aromatic N) is 4. The van der Waals surface area contributed by atoms with Gasteiger partial charge in [0.05, 0.1) is 5.56 Å². The van der Waals surface area contributed by atoms with E-state index in [1.165, 1.54) is 16.3 Å². The summed E-state index contributed by atoms with van der Waals surface area (Å²) >= 11 is 0. The lowest BCUT2D eigenvalue weighted by Gasteiger charge is -2.35. The molecule has 124 valence electrons. The van der Waals surface area contributed by atoms with E-state index in [0.29, 0.717) is 5.56 Å². The van der Waals surface area contributed by atoms with E-state index in [4.69, 9.17) is 5.26 Å². The van der Waals surface area contributed by atoms with E-state index in [1.54, 1.807) is 6.20 Å². The van der Waals surface area contributed by atoms with Gasteiger partial charge in [0.2, 0.25) is 0 Å². The quantitative estimate of drug-likeness (QED) is 0.739. The predicted octanol–water partition coefficient (Wildman–Crippen LogP) is 3.43. The number of hydrogen-bond acceptors (Lipinski definition) is 4. The Morgan fingerprint density at radius 1 is 0.920 bits per heavy atom. The molecule has 0 spiro atoms. The number of piperazine rings is 1. The molecule has 0 saturated carbocycles. The van der Waals surface area contributed by atoms with Crippen molar-refractivity contribution < 1.29 is 0 Å². The maximum absolute atomic E-state index is 8.88. The molecule has 2 heterocycles. The lowest BCUT2D eigenvalue weighted by atomic mass is 10.0. The van der Waals surface area contributed by atoms with E-state index in [1.807, 2.05) is 12.1 Å². The van der Waals surface area contributed by atoms with Crippen molar-refractivity contribution in [2.24, 2.45) is 0 Å². The van der Waals surface area contributed by atoms with Gasteiger partial charge in [-0.1, -0.05) is 42.5 Å². The van der Waals surface area contributed by atoms with Gasteiger partial charge >= 0.3 is 0 Å². The third kappa shape index (κ3) is 3.33. The van der Waals surface area contributed by atoms with E-state index in [2.05, 4.69) is 63.3 Å².